The fourth-order valence-corrected chi connectivity index (χ4v) is 3.34. The molecule has 1 aromatic carbocycles. The van der Waals surface area contributed by atoms with E-state index in [1.165, 1.54) is 18.2 Å². The van der Waals surface area contributed by atoms with Crippen molar-refractivity contribution in [1.29, 1.82) is 0 Å². The molecule has 0 fully saturated rings. The first-order valence-electron chi connectivity index (χ1n) is 10.2. The zero-order valence-corrected chi connectivity index (χ0v) is 19.4. The fourth-order valence-electron chi connectivity index (χ4n) is 2.93. The van der Waals surface area contributed by atoms with Gasteiger partial charge in [-0.25, -0.2) is 32.0 Å². The maximum absolute atomic E-state index is 14.8. The summed E-state index contributed by atoms with van der Waals surface area (Å²) in [5.74, 6) is -0.234. The molecule has 0 amide bonds. The third-order valence-corrected chi connectivity index (χ3v) is 5.14. The van der Waals surface area contributed by atoms with Crippen LogP contribution < -0.4 is 20.1 Å². The van der Waals surface area contributed by atoms with Gasteiger partial charge in [-0.3, -0.25) is 0 Å². The van der Waals surface area contributed by atoms with Gasteiger partial charge in [0.15, 0.2) is 17.5 Å². The van der Waals surface area contributed by atoms with E-state index < -0.39 is 15.8 Å². The van der Waals surface area contributed by atoms with E-state index in [1.54, 1.807) is 18.2 Å². The molecule has 178 valence electrons. The highest BCUT2D eigenvalue weighted by Crippen LogP contribution is 2.27. The largest absolute Gasteiger partial charge is 0.475 e. The highest BCUT2D eigenvalue weighted by Gasteiger charge is 2.17. The van der Waals surface area contributed by atoms with Gasteiger partial charge in [0, 0.05) is 24.2 Å². The van der Waals surface area contributed by atoms with Crippen LogP contribution in [0.15, 0.2) is 36.4 Å². The molecule has 0 aliphatic rings. The average Bonchev–Trinajstić information content (AvgIpc) is 3.15. The third kappa shape index (κ3) is 7.12. The van der Waals surface area contributed by atoms with Crippen LogP contribution >= 0.6 is 0 Å². The summed E-state index contributed by atoms with van der Waals surface area (Å²) in [5, 5.41) is 12.6. The summed E-state index contributed by atoms with van der Waals surface area (Å²) in [4.78, 5) is 4.32. The van der Waals surface area contributed by atoms with E-state index >= 15 is 0 Å². The molecular formula is C21H26F2N6O3S. The predicted molar refractivity (Wildman–Crippen MR) is 122 cm³/mol. The normalized spacial score (nSPS) is 12.6. The van der Waals surface area contributed by atoms with E-state index in [0.29, 0.717) is 11.4 Å². The summed E-state index contributed by atoms with van der Waals surface area (Å²) in [6.07, 6.45) is 0.938. The minimum Gasteiger partial charge on any atom is -0.475 e. The number of rotatable bonds is 10. The number of benzene rings is 1. The van der Waals surface area contributed by atoms with Crippen LogP contribution in [0.2, 0.25) is 0 Å². The van der Waals surface area contributed by atoms with Gasteiger partial charge in [0.05, 0.1) is 12.4 Å². The van der Waals surface area contributed by atoms with Gasteiger partial charge in [-0.1, -0.05) is 12.1 Å². The quantitative estimate of drug-likeness (QED) is 0.348. The predicted octanol–water partition coefficient (Wildman–Crippen LogP) is 3.84. The van der Waals surface area contributed by atoms with Crippen molar-refractivity contribution >= 4 is 27.5 Å². The number of pyridine rings is 1. The van der Waals surface area contributed by atoms with Crippen molar-refractivity contribution in [3.8, 4) is 5.88 Å². The van der Waals surface area contributed by atoms with Crippen molar-refractivity contribution in [1.82, 2.24) is 19.9 Å². The van der Waals surface area contributed by atoms with Gasteiger partial charge in [-0.05, 0) is 44.5 Å². The molecule has 33 heavy (non-hydrogen) atoms. The maximum Gasteiger partial charge on any atom is 0.211 e. The Morgan fingerprint density at radius 2 is 1.79 bits per heavy atom. The van der Waals surface area contributed by atoms with E-state index in [2.05, 4.69) is 30.5 Å². The molecule has 12 heteroatoms. The number of H-pyrrole nitrogens is 1. The third-order valence-electron chi connectivity index (χ3n) is 4.47. The minimum absolute atomic E-state index is 0.0708. The summed E-state index contributed by atoms with van der Waals surface area (Å²) in [7, 11) is -3.52. The summed E-state index contributed by atoms with van der Waals surface area (Å²) in [6.45, 7) is 5.37. The summed E-state index contributed by atoms with van der Waals surface area (Å²) >= 11 is 0. The molecule has 0 radical (unpaired) electrons. The van der Waals surface area contributed by atoms with E-state index in [4.69, 9.17) is 4.74 Å². The molecule has 3 aromatic rings. The van der Waals surface area contributed by atoms with Crippen molar-refractivity contribution < 1.29 is 21.9 Å². The lowest BCUT2D eigenvalue weighted by molar-refractivity contribution is 0.232. The number of sulfonamides is 1. The zero-order valence-electron chi connectivity index (χ0n) is 18.6. The van der Waals surface area contributed by atoms with Crippen LogP contribution in [0.3, 0.4) is 0 Å². The molecule has 9 nitrogen and oxygen atoms in total. The van der Waals surface area contributed by atoms with Crippen molar-refractivity contribution in [2.45, 2.75) is 39.5 Å². The highest BCUT2D eigenvalue weighted by atomic mass is 32.2. The van der Waals surface area contributed by atoms with Gasteiger partial charge in [-0.2, -0.15) is 5.10 Å². The Bertz CT molecular complexity index is 1200. The Kier molecular flexibility index (Phi) is 7.49. The van der Waals surface area contributed by atoms with Gasteiger partial charge >= 0.3 is 0 Å². The second-order valence-electron chi connectivity index (χ2n) is 7.75. The molecule has 2 heterocycles. The number of hydrogen-bond donors (Lipinski definition) is 4. The molecule has 0 spiro atoms. The minimum atomic E-state index is -3.52. The number of halogens is 2. The highest BCUT2D eigenvalue weighted by molar-refractivity contribution is 7.88. The van der Waals surface area contributed by atoms with Crippen LogP contribution in [0.1, 0.15) is 37.9 Å². The van der Waals surface area contributed by atoms with Gasteiger partial charge in [-0.15, -0.1) is 0 Å². The Morgan fingerprint density at radius 3 is 2.42 bits per heavy atom. The van der Waals surface area contributed by atoms with Crippen molar-refractivity contribution in [2.24, 2.45) is 0 Å². The number of anilines is 3. The summed E-state index contributed by atoms with van der Waals surface area (Å²) in [6, 6.07) is 8.32. The Morgan fingerprint density at radius 1 is 1.09 bits per heavy atom. The standard InChI is InChI=1S/C21H26F2N6O3S/c1-12(2)32-19-10-18(28-29-19)26-21-17(23)9-15(11-24-33(4,30)31)20(27-21)25-13(3)14-5-7-16(22)8-6-14/h5-10,12-13,24H,11H2,1-4H3,(H3,25,26,27,28,29)/t13-/m0/s1. The smallest absolute Gasteiger partial charge is 0.211 e. The zero-order chi connectivity index (χ0) is 24.2. The average molecular weight is 481 g/mol. The molecule has 4 N–H and O–H groups in total. The Balaban J connectivity index is 1.89. The van der Waals surface area contributed by atoms with Crippen LogP contribution in [0.4, 0.5) is 26.2 Å². The molecule has 0 aliphatic carbocycles. The topological polar surface area (TPSA) is 121 Å². The molecule has 0 saturated heterocycles. The molecule has 1 atom stereocenters. The molecule has 2 aromatic heterocycles. The van der Waals surface area contributed by atoms with E-state index in [9.17, 15) is 17.2 Å². The lowest BCUT2D eigenvalue weighted by Crippen LogP contribution is -2.23. The number of nitrogens with zero attached hydrogens (tertiary/aromatic N) is 2. The Labute approximate surface area is 191 Å². The number of hydrogen-bond acceptors (Lipinski definition) is 7. The number of aromatic nitrogens is 3. The lowest BCUT2D eigenvalue weighted by Gasteiger charge is -2.19. The van der Waals surface area contributed by atoms with Crippen LogP contribution in [0, 0.1) is 11.6 Å². The van der Waals surface area contributed by atoms with E-state index in [0.717, 1.165) is 11.8 Å². The first kappa shape index (κ1) is 24.4. The Hall–Kier alpha value is -3.25. The van der Waals surface area contributed by atoms with E-state index in [1.807, 2.05) is 20.8 Å². The van der Waals surface area contributed by atoms with Crippen molar-refractivity contribution in [3.05, 3.63) is 59.2 Å². The molecule has 3 rings (SSSR count). The van der Waals surface area contributed by atoms with Crippen LogP contribution in [-0.2, 0) is 16.6 Å². The van der Waals surface area contributed by atoms with Gasteiger partial charge in [0.2, 0.25) is 15.9 Å². The lowest BCUT2D eigenvalue weighted by atomic mass is 10.1. The van der Waals surface area contributed by atoms with Crippen molar-refractivity contribution in [2.75, 3.05) is 16.9 Å². The number of aromatic amines is 1. The van der Waals surface area contributed by atoms with Crippen molar-refractivity contribution in [3.63, 3.8) is 0 Å². The second kappa shape index (κ2) is 10.1. The number of nitrogens with one attached hydrogen (secondary N) is 4. The second-order valence-corrected chi connectivity index (χ2v) is 9.58. The van der Waals surface area contributed by atoms with Crippen LogP contribution in [-0.4, -0.2) is 36.0 Å². The first-order chi connectivity index (χ1) is 15.5. The fraction of sp³-hybridized carbons (Fsp3) is 0.333. The summed E-state index contributed by atoms with van der Waals surface area (Å²) in [5.41, 5.74) is 1.06. The SMILES string of the molecule is CC(C)Oc1cc(Nc2nc(N[C@@H](C)c3ccc(F)cc3)c(CNS(C)(=O)=O)cc2F)n[nH]1. The van der Waals surface area contributed by atoms with E-state index in [-0.39, 0.29) is 42.0 Å². The van der Waals surface area contributed by atoms with Gasteiger partial charge in [0.25, 0.3) is 0 Å². The number of ether oxygens (including phenoxy) is 1. The molecular weight excluding hydrogens is 454 g/mol. The molecule has 0 saturated carbocycles. The first-order valence-corrected chi connectivity index (χ1v) is 12.0. The van der Waals surface area contributed by atoms with Crippen LogP contribution in [0.5, 0.6) is 5.88 Å². The van der Waals surface area contributed by atoms with Gasteiger partial charge < -0.3 is 15.4 Å². The summed E-state index contributed by atoms with van der Waals surface area (Å²) < 4.78 is 59.0. The molecule has 0 aliphatic heterocycles. The molecule has 0 bridgehead atoms. The monoisotopic (exact) mass is 480 g/mol. The van der Waals surface area contributed by atoms with Crippen LogP contribution in [0.25, 0.3) is 0 Å². The van der Waals surface area contributed by atoms with Gasteiger partial charge in [0.1, 0.15) is 11.6 Å². The maximum atomic E-state index is 14.8. The molecule has 0 unspecified atom stereocenters.